The molecule has 8 nitrogen and oxygen atoms in total. The maximum atomic E-state index is 12.5. The molecule has 0 bridgehead atoms. The Morgan fingerprint density at radius 2 is 1.76 bits per heavy atom. The van der Waals surface area contributed by atoms with Gasteiger partial charge in [0.15, 0.2) is 0 Å². The third kappa shape index (κ3) is 3.71. The van der Waals surface area contributed by atoms with E-state index in [-0.39, 0.29) is 35.6 Å². The number of rotatable bonds is 4. The van der Waals surface area contributed by atoms with Gasteiger partial charge in [-0.15, -0.1) is 4.98 Å². The summed E-state index contributed by atoms with van der Waals surface area (Å²) in [6.07, 6.45) is 4.14. The van der Waals surface area contributed by atoms with Gasteiger partial charge in [-0.05, 0) is 31.7 Å². The lowest BCUT2D eigenvalue weighted by Gasteiger charge is -2.38. The maximum Gasteiger partial charge on any atom is 0.324 e. The summed E-state index contributed by atoms with van der Waals surface area (Å²) in [5, 5.41) is 3.30. The van der Waals surface area contributed by atoms with Crippen molar-refractivity contribution in [3.05, 3.63) is 35.9 Å². The fourth-order valence-corrected chi connectivity index (χ4v) is 4.61. The van der Waals surface area contributed by atoms with E-state index in [4.69, 9.17) is 9.47 Å². The fourth-order valence-electron chi connectivity index (χ4n) is 4.61. The van der Waals surface area contributed by atoms with Gasteiger partial charge < -0.3 is 19.7 Å². The van der Waals surface area contributed by atoms with Crippen molar-refractivity contribution < 1.29 is 14.3 Å². The largest absolute Gasteiger partial charge is 0.467 e. The van der Waals surface area contributed by atoms with Crippen molar-refractivity contribution in [2.45, 2.75) is 56.7 Å². The highest BCUT2D eigenvalue weighted by Gasteiger charge is 2.51. The van der Waals surface area contributed by atoms with Gasteiger partial charge in [-0.1, -0.05) is 36.8 Å². The van der Waals surface area contributed by atoms with Gasteiger partial charge in [0.05, 0.1) is 31.8 Å². The van der Waals surface area contributed by atoms with Crippen LogP contribution in [0.25, 0.3) is 0 Å². The fraction of sp³-hybridized carbons (Fsp3) is 0.524. The molecule has 2 fully saturated rings. The molecule has 0 saturated carbocycles. The summed E-state index contributed by atoms with van der Waals surface area (Å²) in [5.41, 5.74) is 0.776. The third-order valence-corrected chi connectivity index (χ3v) is 5.94. The molecule has 1 N–H and O–H groups in total. The number of hydrogen-bond donors (Lipinski definition) is 1. The predicted octanol–water partition coefficient (Wildman–Crippen LogP) is 2.66. The van der Waals surface area contributed by atoms with Crippen molar-refractivity contribution in [3.63, 3.8) is 0 Å². The lowest BCUT2D eigenvalue weighted by Crippen LogP contribution is -2.55. The van der Waals surface area contributed by atoms with E-state index in [1.54, 1.807) is 0 Å². The maximum absolute atomic E-state index is 12.5. The van der Waals surface area contributed by atoms with Crippen molar-refractivity contribution in [2.75, 3.05) is 19.1 Å². The number of carbonyl (C=O) groups is 1. The normalized spacial score (nSPS) is 26.9. The van der Waals surface area contributed by atoms with E-state index >= 15 is 0 Å². The summed E-state index contributed by atoms with van der Waals surface area (Å²) in [5.74, 6) is 0.614. The van der Waals surface area contributed by atoms with E-state index in [2.05, 4.69) is 44.2 Å². The highest BCUT2D eigenvalue weighted by atomic mass is 16.5. The quantitative estimate of drug-likeness (QED) is 0.848. The molecule has 2 saturated heterocycles. The minimum atomic E-state index is -0.384. The van der Waals surface area contributed by atoms with Gasteiger partial charge in [-0.25, -0.2) is 0 Å². The first kappa shape index (κ1) is 19.4. The molecule has 1 aromatic carbocycles. The van der Waals surface area contributed by atoms with Crippen molar-refractivity contribution in [2.24, 2.45) is 0 Å². The molecule has 0 radical (unpaired) electrons. The molecule has 4 rings (SSSR count). The minimum Gasteiger partial charge on any atom is -0.467 e. The molecule has 8 heteroatoms. The van der Waals surface area contributed by atoms with Crippen LogP contribution in [0.4, 0.5) is 5.95 Å². The van der Waals surface area contributed by atoms with E-state index in [0.717, 1.165) is 31.2 Å². The van der Waals surface area contributed by atoms with Crippen molar-refractivity contribution >= 4 is 11.9 Å². The molecular formula is C21H27N5O3. The predicted molar refractivity (Wildman–Crippen MR) is 108 cm³/mol. The third-order valence-electron chi connectivity index (χ3n) is 5.94. The Kier molecular flexibility index (Phi) is 5.25. The summed E-state index contributed by atoms with van der Waals surface area (Å²) in [6, 6.07) is 10.8. The number of fused-ring (bicyclic) bond motifs is 1. The lowest BCUT2D eigenvalue weighted by atomic mass is 9.85. The first-order chi connectivity index (χ1) is 14.0. The molecule has 0 aliphatic carbocycles. The monoisotopic (exact) mass is 397 g/mol. The smallest absolute Gasteiger partial charge is 0.324 e. The van der Waals surface area contributed by atoms with E-state index in [0.29, 0.717) is 12.4 Å². The second-order valence-corrected chi connectivity index (χ2v) is 7.87. The molecule has 3 atom stereocenters. The number of amides is 1. The van der Waals surface area contributed by atoms with Crippen LogP contribution in [0.3, 0.4) is 0 Å². The molecule has 0 unspecified atom stereocenters. The van der Waals surface area contributed by atoms with Crippen LogP contribution < -0.4 is 19.7 Å². The van der Waals surface area contributed by atoms with E-state index in [1.165, 1.54) is 14.2 Å². The van der Waals surface area contributed by atoms with Gasteiger partial charge in [0.25, 0.3) is 0 Å². The summed E-state index contributed by atoms with van der Waals surface area (Å²) in [7, 11) is 3.05. The number of benzene rings is 1. The van der Waals surface area contributed by atoms with Crippen LogP contribution in [0.5, 0.6) is 12.0 Å². The van der Waals surface area contributed by atoms with Gasteiger partial charge in [-0.3, -0.25) is 4.79 Å². The number of nitrogens with one attached hydrogen (secondary N) is 1. The van der Waals surface area contributed by atoms with Crippen LogP contribution in [-0.4, -0.2) is 46.7 Å². The van der Waals surface area contributed by atoms with Crippen LogP contribution in [0.2, 0.25) is 0 Å². The minimum absolute atomic E-state index is 0.0152. The second kappa shape index (κ2) is 7.85. The summed E-state index contributed by atoms with van der Waals surface area (Å²) in [6.45, 7) is 2.13. The molecule has 0 spiro atoms. The van der Waals surface area contributed by atoms with Crippen LogP contribution in [-0.2, 0) is 4.79 Å². The highest BCUT2D eigenvalue weighted by molar-refractivity contribution is 5.77. The Bertz CT molecular complexity index is 856. The molecule has 2 aliphatic heterocycles. The van der Waals surface area contributed by atoms with E-state index < -0.39 is 0 Å². The first-order valence-corrected chi connectivity index (χ1v) is 10.0. The number of carbonyl (C=O) groups excluding carboxylic acids is 1. The van der Waals surface area contributed by atoms with Crippen molar-refractivity contribution in [1.82, 2.24) is 20.3 Å². The molecule has 1 aromatic heterocycles. The molecule has 154 valence electrons. The average Bonchev–Trinajstić information content (AvgIpc) is 3.01. The number of anilines is 1. The van der Waals surface area contributed by atoms with Gasteiger partial charge in [0.1, 0.15) is 0 Å². The zero-order valence-corrected chi connectivity index (χ0v) is 17.1. The SMILES string of the molecule is COc1nc(OC)nc(N2[C@H]3CCCCC(=O)N[C@@]3(C)C[C@H]2c2ccccc2)n1. The number of nitrogens with zero attached hydrogens (tertiary/aromatic N) is 4. The van der Waals surface area contributed by atoms with Gasteiger partial charge >= 0.3 is 12.0 Å². The van der Waals surface area contributed by atoms with Crippen LogP contribution >= 0.6 is 0 Å². The molecule has 29 heavy (non-hydrogen) atoms. The van der Waals surface area contributed by atoms with Crippen LogP contribution in [0, 0.1) is 0 Å². The second-order valence-electron chi connectivity index (χ2n) is 7.87. The van der Waals surface area contributed by atoms with Crippen LogP contribution in [0.15, 0.2) is 30.3 Å². The molecule has 2 aromatic rings. The number of methoxy groups -OCH3 is 2. The summed E-state index contributed by atoms with van der Waals surface area (Å²) >= 11 is 0. The Balaban J connectivity index is 1.83. The topological polar surface area (TPSA) is 89.5 Å². The summed E-state index contributed by atoms with van der Waals surface area (Å²) in [4.78, 5) is 27.9. The first-order valence-electron chi connectivity index (χ1n) is 10.0. The number of ether oxygens (including phenoxy) is 2. The Labute approximate surface area is 170 Å². The standard InChI is InChI=1S/C21H27N5O3/c1-21-13-15(14-9-5-4-6-10-14)26(16(21)11-7-8-12-17(27)25-21)18-22-19(28-2)24-20(23-18)29-3/h4-6,9-10,15-16H,7-8,11-13H2,1-3H3,(H,25,27)/t15-,16-,21-/m0/s1. The van der Waals surface area contributed by atoms with Crippen LogP contribution in [0.1, 0.15) is 50.6 Å². The Hall–Kier alpha value is -2.90. The number of aromatic nitrogens is 3. The molecule has 2 aliphatic rings. The zero-order valence-electron chi connectivity index (χ0n) is 17.1. The summed E-state index contributed by atoms with van der Waals surface area (Å²) < 4.78 is 10.6. The van der Waals surface area contributed by atoms with Crippen molar-refractivity contribution in [3.8, 4) is 12.0 Å². The highest BCUT2D eigenvalue weighted by Crippen LogP contribution is 2.46. The molecule has 3 heterocycles. The Morgan fingerprint density at radius 3 is 2.41 bits per heavy atom. The number of hydrogen-bond acceptors (Lipinski definition) is 7. The van der Waals surface area contributed by atoms with E-state index in [1.807, 2.05) is 18.2 Å². The van der Waals surface area contributed by atoms with Gasteiger partial charge in [-0.2, -0.15) is 9.97 Å². The molecular weight excluding hydrogens is 370 g/mol. The van der Waals surface area contributed by atoms with Gasteiger partial charge in [0, 0.05) is 6.42 Å². The van der Waals surface area contributed by atoms with E-state index in [9.17, 15) is 4.79 Å². The molecule has 1 amide bonds. The average molecular weight is 397 g/mol. The Morgan fingerprint density at radius 1 is 1.07 bits per heavy atom. The zero-order chi connectivity index (χ0) is 20.4. The van der Waals surface area contributed by atoms with Crippen molar-refractivity contribution in [1.29, 1.82) is 0 Å². The van der Waals surface area contributed by atoms with Gasteiger partial charge in [0.2, 0.25) is 11.9 Å². The lowest BCUT2D eigenvalue weighted by molar-refractivity contribution is -0.123.